The molecule has 1 saturated heterocycles. The average molecular weight is 387 g/mol. The van der Waals surface area contributed by atoms with Crippen LogP contribution in [-0.2, 0) is 0 Å². The van der Waals surface area contributed by atoms with Gasteiger partial charge in [-0.2, -0.15) is 0 Å². The van der Waals surface area contributed by atoms with Crippen molar-refractivity contribution in [1.29, 1.82) is 0 Å². The molecule has 24 heavy (non-hydrogen) atoms. The van der Waals surface area contributed by atoms with Crippen molar-refractivity contribution in [3.63, 3.8) is 0 Å². The van der Waals surface area contributed by atoms with Crippen LogP contribution >= 0.6 is 15.9 Å². The second kappa shape index (κ2) is 8.45. The number of carbonyl (C=O) groups is 1. The molecule has 2 aromatic carbocycles. The summed E-state index contributed by atoms with van der Waals surface area (Å²) in [6.45, 7) is 2.85. The van der Waals surface area contributed by atoms with Gasteiger partial charge in [-0.15, -0.1) is 0 Å². The maximum Gasteiger partial charge on any atom is 0.251 e. The van der Waals surface area contributed by atoms with Crippen molar-refractivity contribution in [2.75, 3.05) is 19.6 Å². The van der Waals surface area contributed by atoms with E-state index in [9.17, 15) is 4.79 Å². The first-order chi connectivity index (χ1) is 11.7. The molecule has 1 aliphatic heterocycles. The first-order valence-corrected chi connectivity index (χ1v) is 9.36. The van der Waals surface area contributed by atoms with Crippen molar-refractivity contribution >= 4 is 21.8 Å². The minimum absolute atomic E-state index is 0.0135. The van der Waals surface area contributed by atoms with Crippen LogP contribution in [0.3, 0.4) is 0 Å². The Hall–Kier alpha value is -1.65. The minimum Gasteiger partial charge on any atom is -0.350 e. The normalized spacial score (nSPS) is 16.5. The predicted octanol–water partition coefficient (Wildman–Crippen LogP) is 4.41. The SMILES string of the molecule is O=C(NCC(c1ccccc1)N1CCCCC1)c1ccc(Br)cc1. The molecule has 0 aliphatic carbocycles. The Labute approximate surface area is 152 Å². The van der Waals surface area contributed by atoms with E-state index in [0.717, 1.165) is 17.6 Å². The van der Waals surface area contributed by atoms with Crippen molar-refractivity contribution in [2.24, 2.45) is 0 Å². The van der Waals surface area contributed by atoms with Gasteiger partial charge in [0.05, 0.1) is 6.04 Å². The number of carbonyl (C=O) groups excluding carboxylic acids is 1. The van der Waals surface area contributed by atoms with Crippen molar-refractivity contribution < 1.29 is 4.79 Å². The minimum atomic E-state index is -0.0135. The van der Waals surface area contributed by atoms with E-state index < -0.39 is 0 Å². The molecule has 4 heteroatoms. The largest absolute Gasteiger partial charge is 0.350 e. The summed E-state index contributed by atoms with van der Waals surface area (Å²) in [7, 11) is 0. The van der Waals surface area contributed by atoms with Crippen LogP contribution in [-0.4, -0.2) is 30.4 Å². The summed E-state index contributed by atoms with van der Waals surface area (Å²) in [5.74, 6) is -0.0135. The van der Waals surface area contributed by atoms with E-state index in [1.54, 1.807) is 0 Å². The predicted molar refractivity (Wildman–Crippen MR) is 101 cm³/mol. The number of hydrogen-bond donors (Lipinski definition) is 1. The molecule has 0 radical (unpaired) electrons. The van der Waals surface area contributed by atoms with Gasteiger partial charge in [0.25, 0.3) is 5.91 Å². The fourth-order valence-corrected chi connectivity index (χ4v) is 3.52. The standard InChI is InChI=1S/C20H23BrN2O/c21-18-11-9-17(10-12-18)20(24)22-15-19(16-7-3-1-4-8-16)23-13-5-2-6-14-23/h1,3-4,7-12,19H,2,5-6,13-15H2,(H,22,24). The zero-order valence-corrected chi connectivity index (χ0v) is 15.3. The smallest absolute Gasteiger partial charge is 0.251 e. The number of halogens is 1. The highest BCUT2D eigenvalue weighted by Crippen LogP contribution is 2.24. The molecular formula is C20H23BrN2O. The lowest BCUT2D eigenvalue weighted by Crippen LogP contribution is -2.40. The van der Waals surface area contributed by atoms with Crippen molar-refractivity contribution in [3.05, 3.63) is 70.2 Å². The number of amides is 1. The van der Waals surface area contributed by atoms with Gasteiger partial charge in [-0.1, -0.05) is 52.7 Å². The Morgan fingerprint density at radius 1 is 1.00 bits per heavy atom. The first-order valence-electron chi connectivity index (χ1n) is 8.57. The third kappa shape index (κ3) is 4.46. The topological polar surface area (TPSA) is 32.3 Å². The van der Waals surface area contributed by atoms with E-state index in [0.29, 0.717) is 12.1 Å². The number of piperidine rings is 1. The lowest BCUT2D eigenvalue weighted by atomic mass is 10.0. The van der Waals surface area contributed by atoms with Gasteiger partial charge in [-0.25, -0.2) is 0 Å². The molecule has 1 N–H and O–H groups in total. The van der Waals surface area contributed by atoms with E-state index in [4.69, 9.17) is 0 Å². The van der Waals surface area contributed by atoms with Gasteiger partial charge < -0.3 is 5.32 Å². The Bertz CT molecular complexity index is 651. The molecule has 1 atom stereocenters. The third-order valence-electron chi connectivity index (χ3n) is 4.58. The van der Waals surface area contributed by atoms with Gasteiger partial charge >= 0.3 is 0 Å². The summed E-state index contributed by atoms with van der Waals surface area (Å²) in [5, 5.41) is 3.12. The van der Waals surface area contributed by atoms with Crippen LogP contribution in [0.5, 0.6) is 0 Å². The second-order valence-electron chi connectivity index (χ2n) is 6.24. The number of rotatable bonds is 5. The second-order valence-corrected chi connectivity index (χ2v) is 7.16. The fraction of sp³-hybridized carbons (Fsp3) is 0.350. The Balaban J connectivity index is 1.69. The zero-order valence-electron chi connectivity index (χ0n) is 13.7. The van der Waals surface area contributed by atoms with Crippen LogP contribution in [0.25, 0.3) is 0 Å². The van der Waals surface area contributed by atoms with Crippen molar-refractivity contribution in [1.82, 2.24) is 10.2 Å². The molecule has 3 nitrogen and oxygen atoms in total. The van der Waals surface area contributed by atoms with Crippen molar-refractivity contribution in [3.8, 4) is 0 Å². The molecule has 0 aromatic heterocycles. The van der Waals surface area contributed by atoms with E-state index >= 15 is 0 Å². The highest BCUT2D eigenvalue weighted by atomic mass is 79.9. The summed E-state index contributed by atoms with van der Waals surface area (Å²) in [5.41, 5.74) is 1.97. The Kier molecular flexibility index (Phi) is 6.05. The Morgan fingerprint density at radius 2 is 1.67 bits per heavy atom. The maximum atomic E-state index is 12.4. The highest BCUT2D eigenvalue weighted by Gasteiger charge is 2.22. The molecule has 1 fully saturated rings. The van der Waals surface area contributed by atoms with Crippen LogP contribution in [0, 0.1) is 0 Å². The lowest BCUT2D eigenvalue weighted by molar-refractivity contribution is 0.0924. The summed E-state index contributed by atoms with van der Waals surface area (Å²) in [6, 6.07) is 18.2. The molecular weight excluding hydrogens is 364 g/mol. The highest BCUT2D eigenvalue weighted by molar-refractivity contribution is 9.10. The maximum absolute atomic E-state index is 12.4. The van der Waals surface area contributed by atoms with Gasteiger partial charge in [0.1, 0.15) is 0 Å². The summed E-state index contributed by atoms with van der Waals surface area (Å²) in [6.07, 6.45) is 3.79. The third-order valence-corrected chi connectivity index (χ3v) is 5.11. The van der Waals surface area contributed by atoms with Crippen LogP contribution in [0.2, 0.25) is 0 Å². The summed E-state index contributed by atoms with van der Waals surface area (Å²) >= 11 is 3.40. The molecule has 1 amide bonds. The zero-order chi connectivity index (χ0) is 16.8. The number of nitrogens with one attached hydrogen (secondary N) is 1. The van der Waals surface area contributed by atoms with Gasteiger partial charge in [0.15, 0.2) is 0 Å². The molecule has 3 rings (SSSR count). The van der Waals surface area contributed by atoms with Gasteiger partial charge in [0, 0.05) is 16.6 Å². The number of likely N-dealkylation sites (tertiary alicyclic amines) is 1. The van der Waals surface area contributed by atoms with Crippen LogP contribution in [0.4, 0.5) is 0 Å². The number of hydrogen-bond acceptors (Lipinski definition) is 2. The monoisotopic (exact) mass is 386 g/mol. The molecule has 2 aromatic rings. The van der Waals surface area contributed by atoms with Crippen LogP contribution in [0.15, 0.2) is 59.1 Å². The van der Waals surface area contributed by atoms with E-state index in [1.165, 1.54) is 24.8 Å². The summed E-state index contributed by atoms with van der Waals surface area (Å²) in [4.78, 5) is 14.9. The van der Waals surface area contributed by atoms with Crippen molar-refractivity contribution in [2.45, 2.75) is 25.3 Å². The number of nitrogens with zero attached hydrogens (tertiary/aromatic N) is 1. The van der Waals surface area contributed by atoms with E-state index in [-0.39, 0.29) is 11.9 Å². The van der Waals surface area contributed by atoms with Gasteiger partial charge in [0.2, 0.25) is 0 Å². The number of benzene rings is 2. The van der Waals surface area contributed by atoms with E-state index in [1.807, 2.05) is 30.3 Å². The van der Waals surface area contributed by atoms with Crippen LogP contribution in [0.1, 0.15) is 41.2 Å². The molecule has 1 aliphatic rings. The first kappa shape index (κ1) is 17.2. The lowest BCUT2D eigenvalue weighted by Gasteiger charge is -2.35. The van der Waals surface area contributed by atoms with Gasteiger partial charge in [-0.05, 0) is 55.8 Å². The molecule has 0 bridgehead atoms. The van der Waals surface area contributed by atoms with Crippen LogP contribution < -0.4 is 5.32 Å². The average Bonchev–Trinajstić information content (AvgIpc) is 2.64. The molecule has 1 heterocycles. The Morgan fingerprint density at radius 3 is 2.33 bits per heavy atom. The van der Waals surface area contributed by atoms with Gasteiger partial charge in [-0.3, -0.25) is 9.69 Å². The molecule has 0 spiro atoms. The quantitative estimate of drug-likeness (QED) is 0.825. The van der Waals surface area contributed by atoms with E-state index in [2.05, 4.69) is 50.4 Å². The molecule has 0 saturated carbocycles. The summed E-state index contributed by atoms with van der Waals surface area (Å²) < 4.78 is 0.981. The fourth-order valence-electron chi connectivity index (χ4n) is 3.26. The molecule has 1 unspecified atom stereocenters. The molecule has 126 valence electrons.